The number of halogens is 3. The van der Waals surface area contributed by atoms with Crippen molar-refractivity contribution in [1.82, 2.24) is 5.32 Å². The van der Waals surface area contributed by atoms with Crippen LogP contribution < -0.4 is 10.1 Å². The smallest absolute Gasteiger partial charge is 0.406 e. The molecule has 1 aromatic carbocycles. The van der Waals surface area contributed by atoms with Crippen molar-refractivity contribution in [3.8, 4) is 11.9 Å². The lowest BCUT2D eigenvalue weighted by molar-refractivity contribution is -0.384. The van der Waals surface area contributed by atoms with Crippen molar-refractivity contribution in [2.75, 3.05) is 6.26 Å². The molecule has 118 valence electrons. The molecule has 0 aliphatic heterocycles. The minimum atomic E-state index is -4.96. The van der Waals surface area contributed by atoms with Crippen molar-refractivity contribution in [3.05, 3.63) is 27.8 Å². The number of nitrogens with zero attached hydrogens (tertiary/aromatic N) is 3. The molecular weight excluding hydrogens is 325 g/mol. The molecule has 0 aliphatic carbocycles. The molecular formula is C11H9F3N4O3S. The van der Waals surface area contributed by atoms with Gasteiger partial charge in [-0.15, -0.1) is 13.2 Å². The van der Waals surface area contributed by atoms with Gasteiger partial charge in [0.2, 0.25) is 0 Å². The number of nitro benzene ring substituents is 1. The van der Waals surface area contributed by atoms with Crippen LogP contribution >= 0.6 is 11.8 Å². The molecule has 0 radical (unpaired) electrons. The normalized spacial score (nSPS) is 11.7. The summed E-state index contributed by atoms with van der Waals surface area (Å²) in [6.07, 6.45) is -1.78. The quantitative estimate of drug-likeness (QED) is 0.227. The summed E-state index contributed by atoms with van der Waals surface area (Å²) in [5.41, 5.74) is -0.725. The van der Waals surface area contributed by atoms with E-state index in [0.29, 0.717) is 6.07 Å². The van der Waals surface area contributed by atoms with Gasteiger partial charge in [-0.2, -0.15) is 5.26 Å². The number of nitrogens with one attached hydrogen (secondary N) is 1. The van der Waals surface area contributed by atoms with Crippen LogP contribution in [0.15, 0.2) is 17.1 Å². The second kappa shape index (κ2) is 6.99. The molecule has 0 saturated carbocycles. The molecule has 0 amide bonds. The fraction of sp³-hybridized carbons (Fsp3) is 0.273. The molecule has 0 unspecified atom stereocenters. The highest BCUT2D eigenvalue weighted by Gasteiger charge is 2.32. The summed E-state index contributed by atoms with van der Waals surface area (Å²) in [6.45, 7) is 1.35. The van der Waals surface area contributed by atoms with Gasteiger partial charge in [-0.05, 0) is 24.8 Å². The van der Waals surface area contributed by atoms with Crippen LogP contribution in [-0.4, -0.2) is 22.7 Å². The maximum absolute atomic E-state index is 12.2. The molecule has 7 nitrogen and oxygen atoms in total. The summed E-state index contributed by atoms with van der Waals surface area (Å²) in [5.74, 6) is -0.713. The second-order valence-electron chi connectivity index (χ2n) is 3.77. The highest BCUT2D eigenvalue weighted by molar-refractivity contribution is 8.13. The lowest BCUT2D eigenvalue weighted by Crippen LogP contribution is -2.17. The number of nitriles is 1. The number of hydrogen-bond acceptors (Lipinski definition) is 6. The van der Waals surface area contributed by atoms with E-state index < -0.39 is 22.7 Å². The van der Waals surface area contributed by atoms with Gasteiger partial charge in [0.1, 0.15) is 11.4 Å². The minimum absolute atomic E-state index is 0.0678. The maximum atomic E-state index is 12.2. The number of aryl methyl sites for hydroxylation is 1. The van der Waals surface area contributed by atoms with Crippen LogP contribution in [0.25, 0.3) is 0 Å². The number of amidine groups is 1. The SMILES string of the molecule is CSC(=Nc1c(C)cc(OC(F)(F)F)cc1[N+](=O)[O-])NC#N. The summed E-state index contributed by atoms with van der Waals surface area (Å²) in [5, 5.41) is 21.8. The van der Waals surface area contributed by atoms with Crippen molar-refractivity contribution in [2.24, 2.45) is 4.99 Å². The third-order valence-corrected chi connectivity index (χ3v) is 2.83. The van der Waals surface area contributed by atoms with Crippen molar-refractivity contribution < 1.29 is 22.8 Å². The Balaban J connectivity index is 3.40. The van der Waals surface area contributed by atoms with E-state index in [9.17, 15) is 23.3 Å². The van der Waals surface area contributed by atoms with Crippen LogP contribution in [0.5, 0.6) is 5.75 Å². The predicted molar refractivity (Wildman–Crippen MR) is 73.9 cm³/mol. The monoisotopic (exact) mass is 334 g/mol. The van der Waals surface area contributed by atoms with E-state index in [2.05, 4.69) is 15.0 Å². The molecule has 0 bridgehead atoms. The average Bonchev–Trinajstić information content (AvgIpc) is 2.38. The average molecular weight is 334 g/mol. The van der Waals surface area contributed by atoms with E-state index in [0.717, 1.165) is 17.8 Å². The Bertz CT molecular complexity index is 655. The lowest BCUT2D eigenvalue weighted by Gasteiger charge is -2.11. The fourth-order valence-corrected chi connectivity index (χ4v) is 1.81. The van der Waals surface area contributed by atoms with Crippen LogP contribution in [0.4, 0.5) is 24.5 Å². The summed E-state index contributed by atoms with van der Waals surface area (Å²) >= 11 is 1.02. The van der Waals surface area contributed by atoms with Crippen LogP contribution in [0.1, 0.15) is 5.56 Å². The molecule has 0 atom stereocenters. The molecule has 0 spiro atoms. The molecule has 1 aromatic rings. The number of benzene rings is 1. The Kier molecular flexibility index (Phi) is 5.58. The molecule has 0 saturated heterocycles. The number of aliphatic imine (C=N–C) groups is 1. The Morgan fingerprint density at radius 3 is 2.64 bits per heavy atom. The van der Waals surface area contributed by atoms with Gasteiger partial charge >= 0.3 is 6.36 Å². The second-order valence-corrected chi connectivity index (χ2v) is 4.57. The third kappa shape index (κ3) is 4.81. The maximum Gasteiger partial charge on any atom is 0.573 e. The molecule has 11 heteroatoms. The van der Waals surface area contributed by atoms with Crippen LogP contribution in [-0.2, 0) is 0 Å². The number of alkyl halides is 3. The van der Waals surface area contributed by atoms with Crippen molar-refractivity contribution in [3.63, 3.8) is 0 Å². The van der Waals surface area contributed by atoms with Gasteiger partial charge in [-0.1, -0.05) is 11.8 Å². The van der Waals surface area contributed by atoms with Crippen molar-refractivity contribution >= 4 is 28.3 Å². The molecule has 1 rings (SSSR count). The van der Waals surface area contributed by atoms with E-state index in [1.807, 2.05) is 0 Å². The Hall–Kier alpha value is -2.48. The summed E-state index contributed by atoms with van der Waals surface area (Å²) in [4.78, 5) is 14.0. The topological polar surface area (TPSA) is 101 Å². The molecule has 0 heterocycles. The first-order valence-corrected chi connectivity index (χ1v) is 6.73. The van der Waals surface area contributed by atoms with Crippen LogP contribution in [0.2, 0.25) is 0 Å². The molecule has 1 N–H and O–H groups in total. The number of thioether (sulfide) groups is 1. The first-order valence-electron chi connectivity index (χ1n) is 5.50. The summed E-state index contributed by atoms with van der Waals surface area (Å²) < 4.78 is 40.3. The summed E-state index contributed by atoms with van der Waals surface area (Å²) in [6, 6.07) is 1.60. The van der Waals surface area contributed by atoms with Gasteiger partial charge in [0.25, 0.3) is 5.69 Å². The largest absolute Gasteiger partial charge is 0.573 e. The molecule has 22 heavy (non-hydrogen) atoms. The zero-order valence-corrected chi connectivity index (χ0v) is 12.1. The number of rotatable bonds is 3. The van der Waals surface area contributed by atoms with Crippen molar-refractivity contribution in [1.29, 1.82) is 5.26 Å². The molecule has 0 fully saturated rings. The van der Waals surface area contributed by atoms with Gasteiger partial charge < -0.3 is 4.74 Å². The first kappa shape index (κ1) is 17.6. The Morgan fingerprint density at radius 2 is 2.18 bits per heavy atom. The van der Waals surface area contributed by atoms with E-state index in [1.165, 1.54) is 6.92 Å². The highest BCUT2D eigenvalue weighted by atomic mass is 32.2. The molecule has 0 aromatic heterocycles. The molecule has 0 aliphatic rings. The predicted octanol–water partition coefficient (Wildman–Crippen LogP) is 3.22. The van der Waals surface area contributed by atoms with Crippen LogP contribution in [0, 0.1) is 28.5 Å². The van der Waals surface area contributed by atoms with E-state index in [4.69, 9.17) is 5.26 Å². The Morgan fingerprint density at radius 1 is 1.55 bits per heavy atom. The van der Waals surface area contributed by atoms with Crippen molar-refractivity contribution in [2.45, 2.75) is 13.3 Å². The van der Waals surface area contributed by atoms with E-state index >= 15 is 0 Å². The Labute approximate surface area is 126 Å². The van der Waals surface area contributed by atoms with Crippen LogP contribution in [0.3, 0.4) is 0 Å². The van der Waals surface area contributed by atoms with E-state index in [1.54, 1.807) is 12.4 Å². The van der Waals surface area contributed by atoms with Gasteiger partial charge in [-0.25, -0.2) is 4.99 Å². The zero-order chi connectivity index (χ0) is 16.9. The number of nitro groups is 1. The highest BCUT2D eigenvalue weighted by Crippen LogP contribution is 2.37. The number of ether oxygens (including phenoxy) is 1. The van der Waals surface area contributed by atoms with Gasteiger partial charge in [0.05, 0.1) is 11.0 Å². The van der Waals surface area contributed by atoms with E-state index in [-0.39, 0.29) is 16.4 Å². The van der Waals surface area contributed by atoms with Gasteiger partial charge in [-0.3, -0.25) is 15.4 Å². The first-order chi connectivity index (χ1) is 10.2. The zero-order valence-electron chi connectivity index (χ0n) is 11.3. The third-order valence-electron chi connectivity index (χ3n) is 2.25. The fourth-order valence-electron chi connectivity index (χ4n) is 1.48. The lowest BCUT2D eigenvalue weighted by atomic mass is 10.1. The number of hydrogen-bond donors (Lipinski definition) is 1. The van der Waals surface area contributed by atoms with Gasteiger partial charge in [0.15, 0.2) is 11.4 Å². The minimum Gasteiger partial charge on any atom is -0.406 e. The van der Waals surface area contributed by atoms with Gasteiger partial charge in [0, 0.05) is 0 Å². The standard InChI is InChI=1S/C11H9F3N4O3S/c1-6-3-7(21-11(12,13)14)4-8(18(19)20)9(6)17-10(22-2)16-5-15/h3-4H,1-2H3,(H,16,17). The summed E-state index contributed by atoms with van der Waals surface area (Å²) in [7, 11) is 0.